The van der Waals surface area contributed by atoms with E-state index in [9.17, 15) is 0 Å². The summed E-state index contributed by atoms with van der Waals surface area (Å²) >= 11 is 5.50. The molecule has 2 aromatic carbocycles. The topological polar surface area (TPSA) is 24.5 Å². The van der Waals surface area contributed by atoms with Crippen LogP contribution < -0.4 is 10.1 Å². The number of thiocarbonyl (C=S) groups is 1. The lowest BCUT2D eigenvalue weighted by Gasteiger charge is -2.22. The predicted molar refractivity (Wildman–Crippen MR) is 96.5 cm³/mol. The lowest BCUT2D eigenvalue weighted by molar-refractivity contribution is 0.414. The van der Waals surface area contributed by atoms with E-state index in [0.29, 0.717) is 0 Å². The van der Waals surface area contributed by atoms with E-state index in [1.165, 1.54) is 11.1 Å². The lowest BCUT2D eigenvalue weighted by atomic mass is 10.1. The summed E-state index contributed by atoms with van der Waals surface area (Å²) < 4.78 is 5.17. The van der Waals surface area contributed by atoms with Gasteiger partial charge in [0.15, 0.2) is 5.11 Å². The minimum Gasteiger partial charge on any atom is -0.497 e. The van der Waals surface area contributed by atoms with Crippen LogP contribution in [0.3, 0.4) is 0 Å². The Hall–Kier alpha value is -2.07. The Balaban J connectivity index is 1.99. The maximum atomic E-state index is 5.50. The Morgan fingerprint density at radius 3 is 2.45 bits per heavy atom. The highest BCUT2D eigenvalue weighted by Gasteiger charge is 2.07. The number of methoxy groups -OCH3 is 1. The minimum atomic E-state index is 0.719. The van der Waals surface area contributed by atoms with Crippen molar-refractivity contribution in [3.8, 4) is 5.75 Å². The van der Waals surface area contributed by atoms with Crippen LogP contribution in [0, 0.1) is 0 Å². The number of nitrogens with one attached hydrogen (secondary N) is 1. The fourth-order valence-corrected chi connectivity index (χ4v) is 2.41. The number of hydrogen-bond donors (Lipinski definition) is 1. The third-order valence-electron chi connectivity index (χ3n) is 3.57. The molecule has 0 saturated carbocycles. The third kappa shape index (κ3) is 4.21. The van der Waals surface area contributed by atoms with Crippen molar-refractivity contribution in [1.82, 2.24) is 4.90 Å². The van der Waals surface area contributed by atoms with Gasteiger partial charge in [0.1, 0.15) is 5.75 Å². The zero-order chi connectivity index (χ0) is 15.9. The largest absolute Gasteiger partial charge is 0.497 e. The number of ether oxygens (including phenoxy) is 1. The highest BCUT2D eigenvalue weighted by molar-refractivity contribution is 7.80. The first kappa shape index (κ1) is 16.3. The monoisotopic (exact) mass is 314 g/mol. The van der Waals surface area contributed by atoms with Gasteiger partial charge in [-0.05, 0) is 48.0 Å². The number of aryl methyl sites for hydroxylation is 1. The van der Waals surface area contributed by atoms with Crippen molar-refractivity contribution < 1.29 is 4.74 Å². The van der Waals surface area contributed by atoms with E-state index in [4.69, 9.17) is 17.0 Å². The van der Waals surface area contributed by atoms with Gasteiger partial charge in [-0.15, -0.1) is 0 Å². The zero-order valence-electron chi connectivity index (χ0n) is 13.3. The predicted octanol–water partition coefficient (Wildman–Crippen LogP) is 4.09. The third-order valence-corrected chi connectivity index (χ3v) is 3.98. The molecule has 116 valence electrons. The summed E-state index contributed by atoms with van der Waals surface area (Å²) in [5.41, 5.74) is 3.54. The summed E-state index contributed by atoms with van der Waals surface area (Å²) in [5, 5.41) is 4.06. The molecule has 4 heteroatoms. The van der Waals surface area contributed by atoms with Gasteiger partial charge in [0.05, 0.1) is 7.11 Å². The highest BCUT2D eigenvalue weighted by atomic mass is 32.1. The lowest BCUT2D eigenvalue weighted by Crippen LogP contribution is -2.30. The summed E-state index contributed by atoms with van der Waals surface area (Å²) in [6.07, 6.45) is 0.980. The average Bonchev–Trinajstić information content (AvgIpc) is 2.56. The molecule has 0 saturated heterocycles. The highest BCUT2D eigenvalue weighted by Crippen LogP contribution is 2.17. The van der Waals surface area contributed by atoms with Gasteiger partial charge in [0, 0.05) is 19.3 Å². The first-order valence-electron chi connectivity index (χ1n) is 7.37. The van der Waals surface area contributed by atoms with Crippen molar-refractivity contribution in [3.05, 3.63) is 59.7 Å². The van der Waals surface area contributed by atoms with Crippen LogP contribution in [0.2, 0.25) is 0 Å². The molecule has 2 aromatic rings. The SMILES string of the molecule is CCc1ccccc1NC(=S)N(C)Cc1ccc(OC)cc1. The number of rotatable bonds is 5. The molecular formula is C18H22N2OS. The van der Waals surface area contributed by atoms with Crippen LogP contribution in [-0.4, -0.2) is 24.2 Å². The molecule has 0 aliphatic carbocycles. The first-order valence-corrected chi connectivity index (χ1v) is 7.77. The van der Waals surface area contributed by atoms with E-state index in [0.717, 1.165) is 29.5 Å². The molecular weight excluding hydrogens is 292 g/mol. The molecule has 22 heavy (non-hydrogen) atoms. The molecule has 0 heterocycles. The molecule has 0 amide bonds. The zero-order valence-corrected chi connectivity index (χ0v) is 14.1. The van der Waals surface area contributed by atoms with Gasteiger partial charge in [0.2, 0.25) is 0 Å². The Morgan fingerprint density at radius 1 is 1.14 bits per heavy atom. The van der Waals surface area contributed by atoms with Crippen molar-refractivity contribution in [2.75, 3.05) is 19.5 Å². The van der Waals surface area contributed by atoms with Gasteiger partial charge in [-0.25, -0.2) is 0 Å². The van der Waals surface area contributed by atoms with Crippen LogP contribution in [0.25, 0.3) is 0 Å². The fourth-order valence-electron chi connectivity index (χ4n) is 2.24. The molecule has 0 fully saturated rings. The molecule has 3 nitrogen and oxygen atoms in total. The molecule has 0 aromatic heterocycles. The summed E-state index contributed by atoms with van der Waals surface area (Å²) in [5.74, 6) is 0.865. The summed E-state index contributed by atoms with van der Waals surface area (Å²) in [7, 11) is 3.67. The van der Waals surface area contributed by atoms with E-state index >= 15 is 0 Å². The van der Waals surface area contributed by atoms with Gasteiger partial charge in [0.25, 0.3) is 0 Å². The van der Waals surface area contributed by atoms with Crippen molar-refractivity contribution in [2.24, 2.45) is 0 Å². The second kappa shape index (κ2) is 7.80. The van der Waals surface area contributed by atoms with Crippen LogP contribution in [0.1, 0.15) is 18.1 Å². The molecule has 0 atom stereocenters. The van der Waals surface area contributed by atoms with Crippen LogP contribution in [0.15, 0.2) is 48.5 Å². The van der Waals surface area contributed by atoms with Crippen LogP contribution in [0.4, 0.5) is 5.69 Å². The minimum absolute atomic E-state index is 0.719. The van der Waals surface area contributed by atoms with E-state index in [2.05, 4.69) is 36.5 Å². The van der Waals surface area contributed by atoms with Crippen molar-refractivity contribution in [2.45, 2.75) is 19.9 Å². The molecule has 0 spiro atoms. The second-order valence-corrected chi connectivity index (χ2v) is 5.53. The van der Waals surface area contributed by atoms with E-state index in [1.807, 2.05) is 36.2 Å². The normalized spacial score (nSPS) is 10.1. The molecule has 2 rings (SSSR count). The number of benzene rings is 2. The van der Waals surface area contributed by atoms with Gasteiger partial charge in [-0.3, -0.25) is 0 Å². The van der Waals surface area contributed by atoms with Gasteiger partial charge in [-0.2, -0.15) is 0 Å². The summed E-state index contributed by atoms with van der Waals surface area (Å²) in [4.78, 5) is 2.03. The van der Waals surface area contributed by atoms with Gasteiger partial charge < -0.3 is 15.0 Å². The molecule has 0 bridgehead atoms. The second-order valence-electron chi connectivity index (χ2n) is 5.14. The van der Waals surface area contributed by atoms with Crippen LogP contribution >= 0.6 is 12.2 Å². The van der Waals surface area contributed by atoms with Crippen molar-refractivity contribution >= 4 is 23.0 Å². The summed E-state index contributed by atoms with van der Waals surface area (Å²) in [6, 6.07) is 16.3. The Morgan fingerprint density at radius 2 is 1.82 bits per heavy atom. The first-order chi connectivity index (χ1) is 10.6. The van der Waals surface area contributed by atoms with Crippen molar-refractivity contribution in [1.29, 1.82) is 0 Å². The number of para-hydroxylation sites is 1. The fraction of sp³-hybridized carbons (Fsp3) is 0.278. The standard InChI is InChI=1S/C18H22N2OS/c1-4-15-7-5-6-8-17(15)19-18(22)20(2)13-14-9-11-16(21-3)12-10-14/h5-12H,4,13H2,1-3H3,(H,19,22). The van der Waals surface area contributed by atoms with Gasteiger partial charge in [-0.1, -0.05) is 37.3 Å². The molecule has 0 radical (unpaired) electrons. The number of nitrogens with zero attached hydrogens (tertiary/aromatic N) is 1. The Labute approximate surface area is 137 Å². The molecule has 0 aliphatic rings. The summed E-state index contributed by atoms with van der Waals surface area (Å²) in [6.45, 7) is 2.90. The Kier molecular flexibility index (Phi) is 5.78. The maximum absolute atomic E-state index is 5.50. The van der Waals surface area contributed by atoms with E-state index in [1.54, 1.807) is 7.11 Å². The van der Waals surface area contributed by atoms with Gasteiger partial charge >= 0.3 is 0 Å². The number of hydrogen-bond acceptors (Lipinski definition) is 2. The molecule has 0 unspecified atom stereocenters. The number of anilines is 1. The molecule has 1 N–H and O–H groups in total. The maximum Gasteiger partial charge on any atom is 0.173 e. The van der Waals surface area contributed by atoms with E-state index < -0.39 is 0 Å². The molecule has 0 aliphatic heterocycles. The van der Waals surface area contributed by atoms with E-state index in [-0.39, 0.29) is 0 Å². The van der Waals surface area contributed by atoms with Crippen LogP contribution in [-0.2, 0) is 13.0 Å². The smallest absolute Gasteiger partial charge is 0.173 e. The quantitative estimate of drug-likeness (QED) is 0.840. The van der Waals surface area contributed by atoms with Crippen LogP contribution in [0.5, 0.6) is 5.75 Å². The Bertz CT molecular complexity index is 625. The van der Waals surface area contributed by atoms with Crippen molar-refractivity contribution in [3.63, 3.8) is 0 Å². The average molecular weight is 314 g/mol.